The van der Waals surface area contributed by atoms with E-state index in [0.717, 1.165) is 0 Å². The summed E-state index contributed by atoms with van der Waals surface area (Å²) in [5, 5.41) is 10.4. The molecular formula is C13H27N3O5Si. The first-order valence-electron chi connectivity index (χ1n) is 7.10. The first-order chi connectivity index (χ1) is 9.86. The van der Waals surface area contributed by atoms with Gasteiger partial charge < -0.3 is 14.8 Å². The number of rotatable bonds is 6. The Kier molecular flexibility index (Phi) is 7.54. The van der Waals surface area contributed by atoms with Crippen LogP contribution in [0.1, 0.15) is 34.1 Å². The molecule has 1 atom stereocenters. The summed E-state index contributed by atoms with van der Waals surface area (Å²) < 4.78 is 5.89. The molecule has 0 fully saturated rings. The number of carbonyl (C=O) groups excluding carboxylic acids is 2. The maximum Gasteiger partial charge on any atom is 0.404 e. The van der Waals surface area contributed by atoms with Crippen molar-refractivity contribution in [2.45, 2.75) is 58.4 Å². The molecule has 0 spiro atoms. The summed E-state index contributed by atoms with van der Waals surface area (Å²) in [6.45, 7) is 11.9. The number of hydrogen-bond donors (Lipinski definition) is 4. The molecule has 0 rings (SSSR count). The maximum atomic E-state index is 11.9. The Balaban J connectivity index is 4.21. The molecule has 0 aromatic rings. The second kappa shape index (κ2) is 8.13. The van der Waals surface area contributed by atoms with Gasteiger partial charge >= 0.3 is 6.09 Å². The SMILES string of the molecule is CC(O[Si](C)(C)C(C)(C)C)C(=O)NNC(=O)CCNC(=O)O. The third-order valence-electron chi connectivity index (χ3n) is 3.60. The van der Waals surface area contributed by atoms with Crippen molar-refractivity contribution in [1.29, 1.82) is 0 Å². The number of carbonyl (C=O) groups is 3. The van der Waals surface area contributed by atoms with E-state index >= 15 is 0 Å². The number of carboxylic acid groups (broad SMARTS) is 1. The lowest BCUT2D eigenvalue weighted by atomic mass is 10.2. The van der Waals surface area contributed by atoms with Gasteiger partial charge in [0.25, 0.3) is 5.91 Å². The van der Waals surface area contributed by atoms with Crippen molar-refractivity contribution in [2.75, 3.05) is 6.54 Å². The lowest BCUT2D eigenvalue weighted by molar-refractivity contribution is -0.133. The van der Waals surface area contributed by atoms with Crippen LogP contribution in [-0.4, -0.2) is 44.0 Å². The Morgan fingerprint density at radius 1 is 1.18 bits per heavy atom. The van der Waals surface area contributed by atoms with E-state index in [0.29, 0.717) is 0 Å². The predicted octanol–water partition coefficient (Wildman–Crippen LogP) is 1.20. The zero-order chi connectivity index (χ0) is 17.6. The van der Waals surface area contributed by atoms with Crippen LogP contribution in [0.2, 0.25) is 18.1 Å². The van der Waals surface area contributed by atoms with Crippen LogP contribution in [0.3, 0.4) is 0 Å². The molecule has 8 nitrogen and oxygen atoms in total. The van der Waals surface area contributed by atoms with E-state index in [1.54, 1.807) is 6.92 Å². The Labute approximate surface area is 132 Å². The van der Waals surface area contributed by atoms with Crippen molar-refractivity contribution in [3.05, 3.63) is 0 Å². The average molecular weight is 333 g/mol. The highest BCUT2D eigenvalue weighted by molar-refractivity contribution is 6.74. The van der Waals surface area contributed by atoms with Gasteiger partial charge in [0.1, 0.15) is 6.10 Å². The molecule has 1 unspecified atom stereocenters. The van der Waals surface area contributed by atoms with E-state index in [1.807, 2.05) is 13.1 Å². The van der Waals surface area contributed by atoms with Crippen LogP contribution in [0.4, 0.5) is 4.79 Å². The molecule has 0 radical (unpaired) electrons. The Hall–Kier alpha value is -1.61. The highest BCUT2D eigenvalue weighted by Gasteiger charge is 2.39. The van der Waals surface area contributed by atoms with Crippen molar-refractivity contribution >= 4 is 26.2 Å². The monoisotopic (exact) mass is 333 g/mol. The van der Waals surface area contributed by atoms with Gasteiger partial charge in [0.2, 0.25) is 5.91 Å². The first-order valence-corrected chi connectivity index (χ1v) is 10.0. The summed E-state index contributed by atoms with van der Waals surface area (Å²) in [5.74, 6) is -0.925. The number of nitrogens with one attached hydrogen (secondary N) is 3. The van der Waals surface area contributed by atoms with Crippen molar-refractivity contribution in [3.63, 3.8) is 0 Å². The van der Waals surface area contributed by atoms with Gasteiger partial charge in [0.05, 0.1) is 0 Å². The van der Waals surface area contributed by atoms with Crippen LogP contribution < -0.4 is 16.2 Å². The zero-order valence-corrected chi connectivity index (χ0v) is 15.1. The molecule has 3 amide bonds. The minimum absolute atomic E-state index is 0.0205. The quantitative estimate of drug-likeness (QED) is 0.430. The number of amides is 3. The van der Waals surface area contributed by atoms with Gasteiger partial charge in [0, 0.05) is 13.0 Å². The molecule has 0 bridgehead atoms. The lowest BCUT2D eigenvalue weighted by Gasteiger charge is -2.37. The molecule has 0 saturated carbocycles. The lowest BCUT2D eigenvalue weighted by Crippen LogP contribution is -2.51. The summed E-state index contributed by atoms with van der Waals surface area (Å²) >= 11 is 0. The summed E-state index contributed by atoms with van der Waals surface area (Å²) in [4.78, 5) is 33.5. The third-order valence-corrected chi connectivity index (χ3v) is 8.16. The Morgan fingerprint density at radius 2 is 1.73 bits per heavy atom. The second-order valence-corrected chi connectivity index (χ2v) is 11.3. The van der Waals surface area contributed by atoms with Crippen molar-refractivity contribution in [2.24, 2.45) is 0 Å². The van der Waals surface area contributed by atoms with Crippen LogP contribution in [-0.2, 0) is 14.0 Å². The summed E-state index contributed by atoms with van der Waals surface area (Å²) in [6, 6.07) is 0. The highest BCUT2D eigenvalue weighted by Crippen LogP contribution is 2.37. The summed E-state index contributed by atoms with van der Waals surface area (Å²) in [5.41, 5.74) is 4.50. The summed E-state index contributed by atoms with van der Waals surface area (Å²) in [7, 11) is -2.07. The Morgan fingerprint density at radius 3 is 2.18 bits per heavy atom. The van der Waals surface area contributed by atoms with Gasteiger partial charge in [0.15, 0.2) is 8.32 Å². The Bertz CT molecular complexity index is 420. The van der Waals surface area contributed by atoms with Gasteiger partial charge in [-0.15, -0.1) is 0 Å². The molecule has 0 heterocycles. The molecule has 128 valence electrons. The van der Waals surface area contributed by atoms with Crippen molar-refractivity contribution in [3.8, 4) is 0 Å². The largest absolute Gasteiger partial charge is 0.465 e. The molecule has 9 heteroatoms. The van der Waals surface area contributed by atoms with E-state index in [2.05, 4.69) is 36.9 Å². The van der Waals surface area contributed by atoms with Crippen molar-refractivity contribution < 1.29 is 23.9 Å². The van der Waals surface area contributed by atoms with E-state index in [4.69, 9.17) is 9.53 Å². The topological polar surface area (TPSA) is 117 Å². The minimum atomic E-state index is -2.07. The molecule has 0 aliphatic carbocycles. The molecule has 22 heavy (non-hydrogen) atoms. The summed E-state index contributed by atoms with van der Waals surface area (Å²) in [6.07, 6.45) is -1.95. The smallest absolute Gasteiger partial charge is 0.404 e. The van der Waals surface area contributed by atoms with Gasteiger partial charge in [-0.2, -0.15) is 0 Å². The van der Waals surface area contributed by atoms with E-state index in [9.17, 15) is 14.4 Å². The van der Waals surface area contributed by atoms with Crippen LogP contribution >= 0.6 is 0 Å². The number of hydrogen-bond acceptors (Lipinski definition) is 4. The molecular weight excluding hydrogens is 306 g/mol. The highest BCUT2D eigenvalue weighted by atomic mass is 28.4. The van der Waals surface area contributed by atoms with Gasteiger partial charge in [-0.25, -0.2) is 4.79 Å². The second-order valence-electron chi connectivity index (χ2n) is 6.54. The van der Waals surface area contributed by atoms with Crippen LogP contribution in [0.15, 0.2) is 0 Å². The van der Waals surface area contributed by atoms with E-state index < -0.39 is 32.3 Å². The average Bonchev–Trinajstić information content (AvgIpc) is 2.33. The van der Waals surface area contributed by atoms with Crippen molar-refractivity contribution in [1.82, 2.24) is 16.2 Å². The number of hydrazine groups is 1. The third kappa shape index (κ3) is 7.41. The predicted molar refractivity (Wildman–Crippen MR) is 84.7 cm³/mol. The molecule has 0 aliphatic heterocycles. The molecule has 4 N–H and O–H groups in total. The van der Waals surface area contributed by atoms with E-state index in [1.165, 1.54) is 0 Å². The van der Waals surface area contributed by atoms with Gasteiger partial charge in [-0.1, -0.05) is 20.8 Å². The van der Waals surface area contributed by atoms with E-state index in [-0.39, 0.29) is 18.0 Å². The standard InChI is InChI=1S/C13H27N3O5Si/c1-9(21-22(5,6)13(2,3)4)11(18)16-15-10(17)7-8-14-12(19)20/h9,14H,7-8H2,1-6H3,(H,15,17)(H,16,18)(H,19,20). The van der Waals surface area contributed by atoms with Crippen LogP contribution in [0, 0.1) is 0 Å². The molecule has 0 aromatic heterocycles. The normalized spacial score (nSPS) is 13.2. The van der Waals surface area contributed by atoms with Crippen LogP contribution in [0.25, 0.3) is 0 Å². The molecule has 0 aromatic carbocycles. The minimum Gasteiger partial charge on any atom is -0.465 e. The fourth-order valence-electron chi connectivity index (χ4n) is 1.25. The van der Waals surface area contributed by atoms with Gasteiger partial charge in [-0.3, -0.25) is 20.4 Å². The zero-order valence-electron chi connectivity index (χ0n) is 14.1. The molecule has 0 saturated heterocycles. The first kappa shape index (κ1) is 20.4. The fourth-order valence-corrected chi connectivity index (χ4v) is 2.60. The van der Waals surface area contributed by atoms with Crippen LogP contribution in [0.5, 0.6) is 0 Å². The maximum absolute atomic E-state index is 11.9. The molecule has 0 aliphatic rings. The fraction of sp³-hybridized carbons (Fsp3) is 0.769. The van der Waals surface area contributed by atoms with Gasteiger partial charge in [-0.05, 0) is 25.1 Å².